The average Bonchev–Trinajstić information content (AvgIpc) is 3.52. The van der Waals surface area contributed by atoms with Crippen LogP contribution in [0.15, 0.2) is 64.4 Å². The number of hydrogen-bond donors (Lipinski definition) is 2. The van der Waals surface area contributed by atoms with E-state index in [1.54, 1.807) is 30.6 Å². The van der Waals surface area contributed by atoms with Crippen molar-refractivity contribution in [1.29, 1.82) is 0 Å². The van der Waals surface area contributed by atoms with Crippen LogP contribution in [-0.2, 0) is 17.9 Å². The molecule has 0 unspecified atom stereocenters. The summed E-state index contributed by atoms with van der Waals surface area (Å²) in [6, 6.07) is 12.4. The Kier molecular flexibility index (Phi) is 5.83. The van der Waals surface area contributed by atoms with Crippen molar-refractivity contribution in [3.8, 4) is 11.5 Å². The zero-order chi connectivity index (χ0) is 24.5. The lowest BCUT2D eigenvalue weighted by molar-refractivity contribution is -0.116. The summed E-state index contributed by atoms with van der Waals surface area (Å²) in [6.07, 6.45) is 3.17. The van der Waals surface area contributed by atoms with Gasteiger partial charge in [-0.05, 0) is 18.2 Å². The van der Waals surface area contributed by atoms with Crippen molar-refractivity contribution in [2.45, 2.75) is 13.1 Å². The fourth-order valence-corrected chi connectivity index (χ4v) is 5.11. The molecule has 0 spiro atoms. The SMILES string of the molecule is COc1ccc(NC(=O)Cn2c(=O)n(Cc3ncc[nH]3)c(=O)c3sc4ccccc4c32)c(OC)c1. The van der Waals surface area contributed by atoms with E-state index >= 15 is 0 Å². The molecule has 178 valence electrons. The van der Waals surface area contributed by atoms with Gasteiger partial charge in [0.15, 0.2) is 0 Å². The van der Waals surface area contributed by atoms with Gasteiger partial charge in [0, 0.05) is 28.5 Å². The Morgan fingerprint density at radius 3 is 2.69 bits per heavy atom. The summed E-state index contributed by atoms with van der Waals surface area (Å²) in [7, 11) is 3.02. The smallest absolute Gasteiger partial charge is 0.332 e. The van der Waals surface area contributed by atoms with Crippen LogP contribution in [0.1, 0.15) is 5.82 Å². The van der Waals surface area contributed by atoms with E-state index in [9.17, 15) is 14.4 Å². The molecular formula is C24H21N5O5S. The highest BCUT2D eigenvalue weighted by atomic mass is 32.1. The van der Waals surface area contributed by atoms with Gasteiger partial charge in [-0.2, -0.15) is 0 Å². The Labute approximate surface area is 202 Å². The van der Waals surface area contributed by atoms with Crippen molar-refractivity contribution < 1.29 is 14.3 Å². The molecule has 0 aliphatic carbocycles. The van der Waals surface area contributed by atoms with Gasteiger partial charge in [0.1, 0.15) is 28.6 Å². The molecule has 35 heavy (non-hydrogen) atoms. The molecule has 0 aliphatic rings. The predicted molar refractivity (Wildman–Crippen MR) is 134 cm³/mol. The maximum Gasteiger partial charge on any atom is 0.332 e. The number of aromatic nitrogens is 4. The molecule has 0 fully saturated rings. The van der Waals surface area contributed by atoms with Gasteiger partial charge in [-0.25, -0.2) is 9.78 Å². The fraction of sp³-hybridized carbons (Fsp3) is 0.167. The second-order valence-corrected chi connectivity index (χ2v) is 8.74. The lowest BCUT2D eigenvalue weighted by Gasteiger charge is -2.14. The molecule has 5 rings (SSSR count). The molecule has 0 bridgehead atoms. The highest BCUT2D eigenvalue weighted by Gasteiger charge is 2.21. The van der Waals surface area contributed by atoms with Crippen LogP contribution >= 0.6 is 11.3 Å². The molecule has 0 radical (unpaired) electrons. The first-order valence-corrected chi connectivity index (χ1v) is 11.5. The highest BCUT2D eigenvalue weighted by molar-refractivity contribution is 7.25. The topological polar surface area (TPSA) is 120 Å². The molecule has 11 heteroatoms. The van der Waals surface area contributed by atoms with Gasteiger partial charge in [0.25, 0.3) is 5.56 Å². The first-order chi connectivity index (χ1) is 17.0. The average molecular weight is 492 g/mol. The standard InChI is InChI=1S/C24H21N5O5S/c1-33-14-7-8-16(17(11-14)34-2)27-20(30)13-28-21-15-5-3-4-6-18(15)35-22(21)23(31)29(24(28)32)12-19-25-9-10-26-19/h3-11H,12-13H2,1-2H3,(H,25,26)(H,27,30). The molecule has 0 aliphatic heterocycles. The quantitative estimate of drug-likeness (QED) is 0.361. The molecule has 10 nitrogen and oxygen atoms in total. The van der Waals surface area contributed by atoms with Crippen molar-refractivity contribution in [1.82, 2.24) is 19.1 Å². The summed E-state index contributed by atoms with van der Waals surface area (Å²) in [5.41, 5.74) is -0.148. The third-order valence-corrected chi connectivity index (χ3v) is 6.74. The van der Waals surface area contributed by atoms with E-state index in [0.29, 0.717) is 33.2 Å². The molecule has 3 aromatic heterocycles. The number of benzene rings is 2. The Morgan fingerprint density at radius 1 is 1.11 bits per heavy atom. The number of amides is 1. The monoisotopic (exact) mass is 491 g/mol. The van der Waals surface area contributed by atoms with Crippen molar-refractivity contribution in [2.24, 2.45) is 0 Å². The van der Waals surface area contributed by atoms with Crippen LogP contribution in [0.5, 0.6) is 11.5 Å². The number of anilines is 1. The molecule has 2 aromatic carbocycles. The summed E-state index contributed by atoms with van der Waals surface area (Å²) in [6.45, 7) is -0.341. The number of methoxy groups -OCH3 is 2. The van der Waals surface area contributed by atoms with Gasteiger partial charge >= 0.3 is 5.69 Å². The minimum Gasteiger partial charge on any atom is -0.497 e. The molecular weight excluding hydrogens is 470 g/mol. The summed E-state index contributed by atoms with van der Waals surface area (Å²) >= 11 is 1.29. The second kappa shape index (κ2) is 9.11. The number of carbonyl (C=O) groups excluding carboxylic acids is 1. The first kappa shape index (κ1) is 22.4. The first-order valence-electron chi connectivity index (χ1n) is 10.6. The van der Waals surface area contributed by atoms with Gasteiger partial charge in [-0.15, -0.1) is 11.3 Å². The van der Waals surface area contributed by atoms with Crippen LogP contribution in [0, 0.1) is 0 Å². The number of ether oxygens (including phenoxy) is 2. The van der Waals surface area contributed by atoms with Gasteiger partial charge in [0.05, 0.1) is 32.0 Å². The Bertz CT molecular complexity index is 1670. The van der Waals surface area contributed by atoms with E-state index < -0.39 is 17.2 Å². The molecule has 0 atom stereocenters. The molecule has 1 amide bonds. The van der Waals surface area contributed by atoms with Crippen LogP contribution < -0.4 is 26.0 Å². The van der Waals surface area contributed by atoms with E-state index in [4.69, 9.17) is 9.47 Å². The van der Waals surface area contributed by atoms with Gasteiger partial charge in [-0.3, -0.25) is 18.7 Å². The van der Waals surface area contributed by atoms with E-state index in [-0.39, 0.29) is 13.1 Å². The summed E-state index contributed by atoms with van der Waals surface area (Å²) in [5, 5.41) is 3.53. The lowest BCUT2D eigenvalue weighted by Crippen LogP contribution is -2.41. The van der Waals surface area contributed by atoms with Crippen LogP contribution in [0.4, 0.5) is 5.69 Å². The van der Waals surface area contributed by atoms with Gasteiger partial charge < -0.3 is 19.8 Å². The highest BCUT2D eigenvalue weighted by Crippen LogP contribution is 2.31. The molecule has 0 saturated carbocycles. The number of fused-ring (bicyclic) bond motifs is 3. The van der Waals surface area contributed by atoms with Crippen molar-refractivity contribution in [2.75, 3.05) is 19.5 Å². The molecule has 5 aromatic rings. The van der Waals surface area contributed by atoms with E-state index in [1.807, 2.05) is 24.3 Å². The molecule has 2 N–H and O–H groups in total. The zero-order valence-corrected chi connectivity index (χ0v) is 19.7. The van der Waals surface area contributed by atoms with E-state index in [2.05, 4.69) is 15.3 Å². The number of hydrogen-bond acceptors (Lipinski definition) is 7. The third-order valence-electron chi connectivity index (χ3n) is 5.59. The zero-order valence-electron chi connectivity index (χ0n) is 18.9. The Balaban J connectivity index is 1.61. The Hall–Kier alpha value is -4.38. The number of rotatable bonds is 7. The minimum atomic E-state index is -0.598. The summed E-state index contributed by atoms with van der Waals surface area (Å²) in [4.78, 5) is 47.0. The number of aromatic amines is 1. The van der Waals surface area contributed by atoms with Crippen LogP contribution in [0.3, 0.4) is 0 Å². The largest absolute Gasteiger partial charge is 0.497 e. The summed E-state index contributed by atoms with van der Waals surface area (Å²) < 4.78 is 14.2. The molecule has 3 heterocycles. The maximum atomic E-state index is 13.5. The van der Waals surface area contributed by atoms with E-state index in [1.165, 1.54) is 30.1 Å². The normalized spacial score (nSPS) is 11.1. The van der Waals surface area contributed by atoms with Crippen LogP contribution in [0.2, 0.25) is 0 Å². The van der Waals surface area contributed by atoms with Gasteiger partial charge in [0.2, 0.25) is 5.91 Å². The van der Waals surface area contributed by atoms with Crippen molar-refractivity contribution in [3.05, 3.63) is 81.5 Å². The third kappa shape index (κ3) is 4.06. The fourth-order valence-electron chi connectivity index (χ4n) is 3.95. The van der Waals surface area contributed by atoms with E-state index in [0.717, 1.165) is 14.7 Å². The maximum absolute atomic E-state index is 13.5. The van der Waals surface area contributed by atoms with Gasteiger partial charge in [-0.1, -0.05) is 18.2 Å². The number of carbonyl (C=O) groups is 1. The number of thiophene rings is 1. The number of H-pyrrole nitrogens is 1. The Morgan fingerprint density at radius 2 is 1.94 bits per heavy atom. The lowest BCUT2D eigenvalue weighted by atomic mass is 10.2. The second-order valence-electron chi connectivity index (χ2n) is 7.69. The van der Waals surface area contributed by atoms with Crippen molar-refractivity contribution >= 4 is 43.2 Å². The number of nitrogens with one attached hydrogen (secondary N) is 2. The number of imidazole rings is 1. The van der Waals surface area contributed by atoms with Crippen molar-refractivity contribution in [3.63, 3.8) is 0 Å². The number of nitrogens with zero attached hydrogens (tertiary/aromatic N) is 3. The summed E-state index contributed by atoms with van der Waals surface area (Å²) in [5.74, 6) is 1.01. The predicted octanol–water partition coefficient (Wildman–Crippen LogP) is 2.81. The minimum absolute atomic E-state index is 0.0389. The van der Waals surface area contributed by atoms with Crippen LogP contribution in [0.25, 0.3) is 20.3 Å². The van der Waals surface area contributed by atoms with Crippen LogP contribution in [-0.4, -0.2) is 39.2 Å². The molecule has 0 saturated heterocycles.